The molecule has 0 aliphatic heterocycles. The van der Waals surface area contributed by atoms with Crippen molar-refractivity contribution in [1.82, 2.24) is 0 Å². The van der Waals surface area contributed by atoms with Gasteiger partial charge < -0.3 is 9.16 Å². The lowest BCUT2D eigenvalue weighted by atomic mass is 9.95. The second-order valence-corrected chi connectivity index (χ2v) is 13.8. The first-order chi connectivity index (χ1) is 14.7. The van der Waals surface area contributed by atoms with Crippen molar-refractivity contribution in [2.45, 2.75) is 52.5 Å². The number of esters is 1. The van der Waals surface area contributed by atoms with Crippen LogP contribution in [-0.2, 0) is 14.0 Å². The Bertz CT molecular complexity index is 785. The predicted molar refractivity (Wildman–Crippen MR) is 132 cm³/mol. The molecule has 0 spiro atoms. The van der Waals surface area contributed by atoms with E-state index >= 15 is 0 Å². The summed E-state index contributed by atoms with van der Waals surface area (Å²) in [5.41, 5.74) is 0. The Balaban J connectivity index is 2.18. The molecule has 0 aliphatic rings. The van der Waals surface area contributed by atoms with Crippen LogP contribution in [0.15, 0.2) is 72.8 Å². The van der Waals surface area contributed by atoms with Gasteiger partial charge in [-0.2, -0.15) is 0 Å². The first kappa shape index (κ1) is 25.1. The van der Waals surface area contributed by atoms with Gasteiger partial charge in [0.25, 0.3) is 8.32 Å². The third-order valence-electron chi connectivity index (χ3n) is 5.88. The number of benzene rings is 2. The van der Waals surface area contributed by atoms with Crippen molar-refractivity contribution in [3.05, 3.63) is 72.8 Å². The zero-order valence-corrected chi connectivity index (χ0v) is 20.9. The standard InChI is InChI=1S/C27H38O3Si/c1-22(17-18-26(28)29-6)21-23(2)19-20-30-31(27(3,4)5,24-13-9-7-10-14-24)25-15-11-8-12-16-25/h7-18,22-23H,19-21H2,1-6H3/b18-17+/t22-,23-/m0/s1. The summed E-state index contributed by atoms with van der Waals surface area (Å²) in [6.07, 6.45) is 5.46. The summed E-state index contributed by atoms with van der Waals surface area (Å²) in [5.74, 6) is 0.520. The highest BCUT2D eigenvalue weighted by molar-refractivity contribution is 6.99. The van der Waals surface area contributed by atoms with E-state index in [0.717, 1.165) is 19.4 Å². The molecule has 168 valence electrons. The molecular formula is C27H38O3Si. The molecule has 4 heteroatoms. The molecule has 0 saturated carbocycles. The maximum atomic E-state index is 11.3. The molecule has 2 aromatic rings. The van der Waals surface area contributed by atoms with Gasteiger partial charge in [-0.15, -0.1) is 0 Å². The summed E-state index contributed by atoms with van der Waals surface area (Å²) in [7, 11) is -1.06. The zero-order valence-electron chi connectivity index (χ0n) is 19.9. The van der Waals surface area contributed by atoms with E-state index in [0.29, 0.717) is 11.8 Å². The molecular weight excluding hydrogens is 400 g/mol. The molecule has 2 rings (SSSR count). The van der Waals surface area contributed by atoms with Crippen LogP contribution in [0.5, 0.6) is 0 Å². The topological polar surface area (TPSA) is 35.5 Å². The number of methoxy groups -OCH3 is 1. The average molecular weight is 439 g/mol. The lowest BCUT2D eigenvalue weighted by Crippen LogP contribution is -2.66. The molecule has 31 heavy (non-hydrogen) atoms. The summed E-state index contributed by atoms with van der Waals surface area (Å²) in [6, 6.07) is 21.5. The quantitative estimate of drug-likeness (QED) is 0.285. The van der Waals surface area contributed by atoms with E-state index in [-0.39, 0.29) is 11.0 Å². The molecule has 0 radical (unpaired) electrons. The van der Waals surface area contributed by atoms with Gasteiger partial charge in [-0.25, -0.2) is 4.79 Å². The molecule has 0 aliphatic carbocycles. The van der Waals surface area contributed by atoms with Crippen molar-refractivity contribution < 1.29 is 14.0 Å². The fourth-order valence-corrected chi connectivity index (χ4v) is 8.90. The number of carbonyl (C=O) groups is 1. The monoisotopic (exact) mass is 438 g/mol. The third-order valence-corrected chi connectivity index (χ3v) is 10.9. The molecule has 0 bridgehead atoms. The maximum Gasteiger partial charge on any atom is 0.330 e. The van der Waals surface area contributed by atoms with Crippen molar-refractivity contribution in [1.29, 1.82) is 0 Å². The number of rotatable bonds is 10. The minimum absolute atomic E-state index is 0.00448. The van der Waals surface area contributed by atoms with Crippen molar-refractivity contribution in [2.75, 3.05) is 13.7 Å². The summed E-state index contributed by atoms with van der Waals surface area (Å²) >= 11 is 0. The number of hydrogen-bond donors (Lipinski definition) is 0. The van der Waals surface area contributed by atoms with Gasteiger partial charge in [-0.3, -0.25) is 0 Å². The highest BCUT2D eigenvalue weighted by Gasteiger charge is 2.49. The first-order valence-electron chi connectivity index (χ1n) is 11.2. The van der Waals surface area contributed by atoms with E-state index in [1.165, 1.54) is 23.6 Å². The van der Waals surface area contributed by atoms with Gasteiger partial charge in [-0.1, -0.05) is 101 Å². The lowest BCUT2D eigenvalue weighted by Gasteiger charge is -2.43. The fraction of sp³-hybridized carbons (Fsp3) is 0.444. The number of allylic oxidation sites excluding steroid dienone is 1. The van der Waals surface area contributed by atoms with Crippen molar-refractivity contribution >= 4 is 24.7 Å². The van der Waals surface area contributed by atoms with E-state index in [1.54, 1.807) is 0 Å². The van der Waals surface area contributed by atoms with Crippen molar-refractivity contribution in [3.8, 4) is 0 Å². The normalized spacial score (nSPS) is 14.4. The molecule has 0 N–H and O–H groups in total. The average Bonchev–Trinajstić information content (AvgIpc) is 2.75. The SMILES string of the molecule is COC(=O)/C=C/[C@H](C)C[C@@H](C)CCO[Si](c1ccccc1)(c1ccccc1)C(C)(C)C. The van der Waals surface area contributed by atoms with Gasteiger partial charge in [-0.05, 0) is 40.1 Å². The summed E-state index contributed by atoms with van der Waals surface area (Å²) in [4.78, 5) is 11.3. The van der Waals surface area contributed by atoms with Gasteiger partial charge in [0, 0.05) is 12.7 Å². The van der Waals surface area contributed by atoms with Crippen LogP contribution in [0.2, 0.25) is 5.04 Å². The Hall–Kier alpha value is -2.17. The molecule has 0 saturated heterocycles. The number of ether oxygens (including phenoxy) is 1. The van der Waals surface area contributed by atoms with Crippen LogP contribution in [0, 0.1) is 11.8 Å². The highest BCUT2D eigenvalue weighted by atomic mass is 28.4. The van der Waals surface area contributed by atoms with Gasteiger partial charge >= 0.3 is 5.97 Å². The van der Waals surface area contributed by atoms with Crippen LogP contribution in [0.25, 0.3) is 0 Å². The smallest absolute Gasteiger partial charge is 0.330 e. The minimum Gasteiger partial charge on any atom is -0.466 e. The van der Waals surface area contributed by atoms with Crippen molar-refractivity contribution in [2.24, 2.45) is 11.8 Å². The van der Waals surface area contributed by atoms with Crippen molar-refractivity contribution in [3.63, 3.8) is 0 Å². The van der Waals surface area contributed by atoms with E-state index < -0.39 is 8.32 Å². The van der Waals surface area contributed by atoms with E-state index in [2.05, 4.69) is 100 Å². The minimum atomic E-state index is -2.47. The molecule has 0 heterocycles. The first-order valence-corrected chi connectivity index (χ1v) is 13.1. The molecule has 0 unspecified atom stereocenters. The van der Waals surface area contributed by atoms with Crippen LogP contribution >= 0.6 is 0 Å². The van der Waals surface area contributed by atoms with E-state index in [4.69, 9.17) is 4.43 Å². The van der Waals surface area contributed by atoms with Gasteiger partial charge in [0.05, 0.1) is 7.11 Å². The fourth-order valence-electron chi connectivity index (χ4n) is 4.32. The molecule has 0 amide bonds. The molecule has 2 atom stereocenters. The molecule has 2 aromatic carbocycles. The summed E-state index contributed by atoms with van der Waals surface area (Å²) < 4.78 is 11.7. The van der Waals surface area contributed by atoms with Gasteiger partial charge in [0.15, 0.2) is 0 Å². The Morgan fingerprint density at radius 2 is 1.48 bits per heavy atom. The van der Waals surface area contributed by atoms with E-state index in [1.807, 2.05) is 6.08 Å². The largest absolute Gasteiger partial charge is 0.466 e. The molecule has 0 fully saturated rings. The third kappa shape index (κ3) is 6.65. The highest BCUT2D eigenvalue weighted by Crippen LogP contribution is 2.37. The number of carbonyl (C=O) groups excluding carboxylic acids is 1. The van der Waals surface area contributed by atoms with Crippen LogP contribution in [0.1, 0.15) is 47.5 Å². The van der Waals surface area contributed by atoms with Crippen LogP contribution < -0.4 is 10.4 Å². The molecule has 0 aromatic heterocycles. The van der Waals surface area contributed by atoms with Gasteiger partial charge in [0.2, 0.25) is 0 Å². The number of hydrogen-bond acceptors (Lipinski definition) is 3. The maximum absolute atomic E-state index is 11.3. The second kappa shape index (κ2) is 11.4. The Kier molecular flexibility index (Phi) is 9.26. The van der Waals surface area contributed by atoms with Crippen LogP contribution in [0.3, 0.4) is 0 Å². The summed E-state index contributed by atoms with van der Waals surface area (Å²) in [5, 5.41) is 2.63. The van der Waals surface area contributed by atoms with Crippen LogP contribution in [-0.4, -0.2) is 28.0 Å². The Labute approximate surface area is 189 Å². The predicted octanol–water partition coefficient (Wildman–Crippen LogP) is 5.34. The zero-order chi connectivity index (χ0) is 22.9. The second-order valence-electron chi connectivity index (χ2n) is 9.50. The Morgan fingerprint density at radius 3 is 1.94 bits per heavy atom. The lowest BCUT2D eigenvalue weighted by molar-refractivity contribution is -0.134. The van der Waals surface area contributed by atoms with Gasteiger partial charge in [0.1, 0.15) is 0 Å². The van der Waals surface area contributed by atoms with E-state index in [9.17, 15) is 4.79 Å². The van der Waals surface area contributed by atoms with Crippen LogP contribution in [0.4, 0.5) is 0 Å². The Morgan fingerprint density at radius 1 is 0.968 bits per heavy atom. The molecule has 3 nitrogen and oxygen atoms in total. The summed E-state index contributed by atoms with van der Waals surface area (Å²) in [6.45, 7) is 12.0.